The number of nitriles is 1. The van der Waals surface area contributed by atoms with Crippen LogP contribution in [0.3, 0.4) is 0 Å². The molecule has 2 aromatic carbocycles. The third-order valence-electron chi connectivity index (χ3n) is 5.14. The van der Waals surface area contributed by atoms with E-state index in [0.29, 0.717) is 36.2 Å². The molecule has 0 saturated carbocycles. The first kappa shape index (κ1) is 19.8. The highest BCUT2D eigenvalue weighted by atomic mass is 16.3. The standard InChI is InChI=1S/C23H24N2O3/c1-2-7-17-10-12-18(13-11-17)21(26)16-23(28)19-8-3-4-9-20(19)25(22(23)27)15-6-5-14-24/h3-4,8-13,28H,2,5-7,15-16H2,1H3. The second kappa shape index (κ2) is 8.37. The van der Waals surface area contributed by atoms with Crippen molar-refractivity contribution in [2.45, 2.75) is 44.6 Å². The van der Waals surface area contributed by atoms with Gasteiger partial charge >= 0.3 is 0 Å². The minimum Gasteiger partial charge on any atom is -0.375 e. The highest BCUT2D eigenvalue weighted by Gasteiger charge is 2.50. The third kappa shape index (κ3) is 3.69. The summed E-state index contributed by atoms with van der Waals surface area (Å²) in [6.45, 7) is 2.44. The Kier molecular flexibility index (Phi) is 5.91. The highest BCUT2D eigenvalue weighted by Crippen LogP contribution is 2.42. The van der Waals surface area contributed by atoms with Gasteiger partial charge in [-0.3, -0.25) is 9.59 Å². The van der Waals surface area contributed by atoms with E-state index in [4.69, 9.17) is 5.26 Å². The quantitative estimate of drug-likeness (QED) is 0.562. The number of benzene rings is 2. The van der Waals surface area contributed by atoms with Gasteiger partial charge in [0.05, 0.1) is 18.2 Å². The molecule has 0 saturated heterocycles. The van der Waals surface area contributed by atoms with Crippen LogP contribution in [0, 0.1) is 11.3 Å². The maximum absolute atomic E-state index is 13.0. The number of hydrogen-bond acceptors (Lipinski definition) is 4. The Labute approximate surface area is 165 Å². The van der Waals surface area contributed by atoms with Crippen LogP contribution in [0.25, 0.3) is 0 Å². The minimum absolute atomic E-state index is 0.271. The van der Waals surface area contributed by atoms with Gasteiger partial charge < -0.3 is 10.0 Å². The number of aryl methyl sites for hydroxylation is 1. The molecule has 0 radical (unpaired) electrons. The number of carbonyl (C=O) groups is 2. The summed E-state index contributed by atoms with van der Waals surface area (Å²) in [4.78, 5) is 27.3. The second-order valence-electron chi connectivity index (χ2n) is 7.14. The van der Waals surface area contributed by atoms with Crippen LogP contribution < -0.4 is 4.90 Å². The van der Waals surface area contributed by atoms with Crippen molar-refractivity contribution in [3.63, 3.8) is 0 Å². The molecule has 1 amide bonds. The summed E-state index contributed by atoms with van der Waals surface area (Å²) in [6.07, 6.45) is 2.51. The number of hydrogen-bond donors (Lipinski definition) is 1. The lowest BCUT2D eigenvalue weighted by molar-refractivity contribution is -0.135. The maximum Gasteiger partial charge on any atom is 0.264 e. The number of anilines is 1. The Hall–Kier alpha value is -2.97. The average molecular weight is 376 g/mol. The molecule has 2 aromatic rings. The van der Waals surface area contributed by atoms with Crippen molar-refractivity contribution in [1.82, 2.24) is 0 Å². The van der Waals surface area contributed by atoms with Gasteiger partial charge in [-0.1, -0.05) is 55.8 Å². The largest absolute Gasteiger partial charge is 0.375 e. The fourth-order valence-corrected chi connectivity index (χ4v) is 3.70. The van der Waals surface area contributed by atoms with E-state index in [-0.39, 0.29) is 12.2 Å². The number of aliphatic hydroxyl groups is 1. The molecule has 0 aliphatic carbocycles. The first-order valence-electron chi connectivity index (χ1n) is 9.64. The van der Waals surface area contributed by atoms with Gasteiger partial charge in [0.25, 0.3) is 5.91 Å². The maximum atomic E-state index is 13.0. The van der Waals surface area contributed by atoms with Crippen molar-refractivity contribution in [2.24, 2.45) is 0 Å². The fourth-order valence-electron chi connectivity index (χ4n) is 3.70. The van der Waals surface area contributed by atoms with Crippen LogP contribution in [0.2, 0.25) is 0 Å². The molecule has 5 nitrogen and oxygen atoms in total. The van der Waals surface area contributed by atoms with Gasteiger partial charge in [-0.25, -0.2) is 0 Å². The topological polar surface area (TPSA) is 81.4 Å². The summed E-state index contributed by atoms with van der Waals surface area (Å²) in [5, 5.41) is 20.0. The first-order valence-corrected chi connectivity index (χ1v) is 9.64. The van der Waals surface area contributed by atoms with Gasteiger partial charge in [-0.2, -0.15) is 5.26 Å². The minimum atomic E-state index is -1.87. The van der Waals surface area contributed by atoms with Gasteiger partial charge in [0, 0.05) is 24.1 Å². The second-order valence-corrected chi connectivity index (χ2v) is 7.14. The molecule has 0 aromatic heterocycles. The molecule has 1 heterocycles. The number of para-hydroxylation sites is 1. The SMILES string of the molecule is CCCc1ccc(C(=O)CC2(O)C(=O)N(CCCC#N)c3ccccc32)cc1. The Morgan fingerprint density at radius 2 is 1.89 bits per heavy atom. The molecule has 28 heavy (non-hydrogen) atoms. The van der Waals surface area contributed by atoms with Crippen LogP contribution >= 0.6 is 0 Å². The van der Waals surface area contributed by atoms with Crippen molar-refractivity contribution >= 4 is 17.4 Å². The van der Waals surface area contributed by atoms with E-state index in [1.807, 2.05) is 12.1 Å². The summed E-state index contributed by atoms with van der Waals surface area (Å²) < 4.78 is 0. The van der Waals surface area contributed by atoms with Gasteiger partial charge in [-0.15, -0.1) is 0 Å². The summed E-state index contributed by atoms with van der Waals surface area (Å²) >= 11 is 0. The van der Waals surface area contributed by atoms with Crippen molar-refractivity contribution in [1.29, 1.82) is 5.26 Å². The summed E-state index contributed by atoms with van der Waals surface area (Å²) in [7, 11) is 0. The molecule has 1 atom stereocenters. The van der Waals surface area contributed by atoms with Crippen LogP contribution in [-0.4, -0.2) is 23.3 Å². The molecular formula is C23H24N2O3. The third-order valence-corrected chi connectivity index (χ3v) is 5.14. The zero-order chi connectivity index (χ0) is 20.1. The van der Waals surface area contributed by atoms with E-state index in [0.717, 1.165) is 18.4 Å². The molecule has 1 aliphatic rings. The van der Waals surface area contributed by atoms with Crippen molar-refractivity contribution in [3.8, 4) is 6.07 Å². The van der Waals surface area contributed by atoms with Crippen molar-refractivity contribution in [2.75, 3.05) is 11.4 Å². The van der Waals surface area contributed by atoms with Crippen LogP contribution in [0.15, 0.2) is 48.5 Å². The number of nitrogens with zero attached hydrogens (tertiary/aromatic N) is 2. The number of unbranched alkanes of at least 4 members (excludes halogenated alkanes) is 1. The molecule has 1 N–H and O–H groups in total. The van der Waals surface area contributed by atoms with E-state index in [9.17, 15) is 14.7 Å². The predicted octanol–water partition coefficient (Wildman–Crippen LogP) is 3.75. The van der Waals surface area contributed by atoms with E-state index < -0.39 is 11.5 Å². The Balaban J connectivity index is 1.84. The molecular weight excluding hydrogens is 352 g/mol. The number of ketones is 1. The van der Waals surface area contributed by atoms with E-state index in [2.05, 4.69) is 13.0 Å². The molecule has 144 valence electrons. The van der Waals surface area contributed by atoms with Gasteiger partial charge in [-0.05, 0) is 24.5 Å². The summed E-state index contributed by atoms with van der Waals surface area (Å²) in [6, 6.07) is 16.4. The molecule has 3 rings (SSSR count). The highest BCUT2D eigenvalue weighted by molar-refractivity contribution is 6.10. The van der Waals surface area contributed by atoms with Gasteiger partial charge in [0.1, 0.15) is 0 Å². The lowest BCUT2D eigenvalue weighted by Gasteiger charge is -2.22. The average Bonchev–Trinajstić information content (AvgIpc) is 2.91. The Morgan fingerprint density at radius 3 is 2.57 bits per heavy atom. The molecule has 0 bridgehead atoms. The smallest absolute Gasteiger partial charge is 0.264 e. The van der Waals surface area contributed by atoms with Crippen LogP contribution in [0.1, 0.15) is 54.1 Å². The van der Waals surface area contributed by atoms with Crippen molar-refractivity contribution in [3.05, 3.63) is 65.2 Å². The number of amides is 1. The number of Topliss-reactive ketones (excluding diaryl/α,β-unsaturated/α-hetero) is 1. The lowest BCUT2D eigenvalue weighted by Crippen LogP contribution is -2.42. The molecule has 5 heteroatoms. The summed E-state index contributed by atoms with van der Waals surface area (Å²) in [5.41, 5.74) is 0.833. The molecule has 0 fully saturated rings. The predicted molar refractivity (Wildman–Crippen MR) is 107 cm³/mol. The number of fused-ring (bicyclic) bond motifs is 1. The Bertz CT molecular complexity index is 914. The van der Waals surface area contributed by atoms with Crippen LogP contribution in [-0.2, 0) is 16.8 Å². The molecule has 1 aliphatic heterocycles. The number of rotatable bonds is 8. The molecule has 1 unspecified atom stereocenters. The van der Waals surface area contributed by atoms with E-state index >= 15 is 0 Å². The zero-order valence-corrected chi connectivity index (χ0v) is 16.0. The first-order chi connectivity index (χ1) is 13.5. The van der Waals surface area contributed by atoms with Crippen molar-refractivity contribution < 1.29 is 14.7 Å². The lowest BCUT2D eigenvalue weighted by atomic mass is 9.88. The van der Waals surface area contributed by atoms with Crippen LogP contribution in [0.5, 0.6) is 0 Å². The zero-order valence-electron chi connectivity index (χ0n) is 16.0. The van der Waals surface area contributed by atoms with E-state index in [1.165, 1.54) is 4.90 Å². The monoisotopic (exact) mass is 376 g/mol. The van der Waals surface area contributed by atoms with Gasteiger partial charge in [0.15, 0.2) is 11.4 Å². The normalized spacial score (nSPS) is 18.0. The van der Waals surface area contributed by atoms with Crippen LogP contribution in [0.4, 0.5) is 5.69 Å². The summed E-state index contributed by atoms with van der Waals surface area (Å²) in [5.74, 6) is -0.768. The molecule has 0 spiro atoms. The van der Waals surface area contributed by atoms with Gasteiger partial charge in [0.2, 0.25) is 0 Å². The van der Waals surface area contributed by atoms with E-state index in [1.54, 1.807) is 36.4 Å². The number of carbonyl (C=O) groups excluding carboxylic acids is 2. The Morgan fingerprint density at radius 1 is 1.18 bits per heavy atom. The fraction of sp³-hybridized carbons (Fsp3) is 0.348.